The van der Waals surface area contributed by atoms with Crippen molar-refractivity contribution in [3.63, 3.8) is 0 Å². The van der Waals surface area contributed by atoms with Gasteiger partial charge in [-0.3, -0.25) is 4.79 Å². The van der Waals surface area contributed by atoms with Crippen molar-refractivity contribution in [2.45, 2.75) is 219 Å². The summed E-state index contributed by atoms with van der Waals surface area (Å²) in [6.45, 7) is 6.48. The zero-order valence-electron chi connectivity index (χ0n) is 37.8. The Bertz CT molecular complexity index is 1340. The van der Waals surface area contributed by atoms with E-state index < -0.39 is 19.2 Å². The monoisotopic (exact) mass is 818 g/mol. The zero-order chi connectivity index (χ0) is 42.6. The summed E-state index contributed by atoms with van der Waals surface area (Å²) in [6, 6.07) is 11.2. The van der Waals surface area contributed by atoms with Gasteiger partial charge in [0.1, 0.15) is 18.2 Å². The molecule has 2 fully saturated rings. The second-order valence-corrected chi connectivity index (χ2v) is 19.2. The van der Waals surface area contributed by atoms with Crippen LogP contribution in [-0.2, 0) is 16.0 Å². The molecule has 8 nitrogen and oxygen atoms in total. The van der Waals surface area contributed by atoms with Gasteiger partial charge in [0.05, 0.1) is 12.0 Å². The molecule has 1 aromatic carbocycles. The lowest BCUT2D eigenvalue weighted by Gasteiger charge is -2.33. The molecule has 3 N–H and O–H groups in total. The van der Waals surface area contributed by atoms with Gasteiger partial charge < -0.3 is 25.0 Å². The van der Waals surface area contributed by atoms with Crippen LogP contribution in [0, 0.1) is 28.6 Å². The molecule has 1 heterocycles. The van der Waals surface area contributed by atoms with Crippen LogP contribution in [0.1, 0.15) is 206 Å². The molecule has 2 amide bonds. The third-order valence-electron chi connectivity index (χ3n) is 12.6. The van der Waals surface area contributed by atoms with Crippen LogP contribution in [0.4, 0.5) is 4.79 Å². The third kappa shape index (κ3) is 23.1. The van der Waals surface area contributed by atoms with Gasteiger partial charge in [0.15, 0.2) is 0 Å². The van der Waals surface area contributed by atoms with Crippen LogP contribution in [0.15, 0.2) is 42.0 Å². The number of hydrogen-bond donors (Lipinski definition) is 3. The number of alkyl carbamates (subject to hydrolysis) is 1. The summed E-state index contributed by atoms with van der Waals surface area (Å²) < 4.78 is 5.88. The number of ether oxygens (including phenoxy) is 1. The first kappa shape index (κ1) is 50.5. The van der Waals surface area contributed by atoms with Crippen molar-refractivity contribution in [1.29, 1.82) is 5.26 Å². The second kappa shape index (κ2) is 30.2. The summed E-state index contributed by atoms with van der Waals surface area (Å²) in [5, 5.41) is 33.2. The van der Waals surface area contributed by atoms with Crippen molar-refractivity contribution in [2.24, 2.45) is 17.3 Å². The maximum absolute atomic E-state index is 14.4. The normalized spacial score (nSPS) is 23.5. The van der Waals surface area contributed by atoms with Crippen LogP contribution in [0.25, 0.3) is 0 Å². The first-order chi connectivity index (χ1) is 28.6. The highest BCUT2D eigenvalue weighted by molar-refractivity contribution is 6.43. The minimum atomic E-state index is -1.77. The van der Waals surface area contributed by atoms with Crippen molar-refractivity contribution >= 4 is 19.1 Å². The number of nitrogens with zero attached hydrogens (tertiary/aromatic N) is 2. The highest BCUT2D eigenvalue weighted by atomic mass is 16.5. The van der Waals surface area contributed by atoms with E-state index >= 15 is 0 Å². The van der Waals surface area contributed by atoms with E-state index in [-0.39, 0.29) is 41.9 Å². The van der Waals surface area contributed by atoms with Crippen LogP contribution in [0.5, 0.6) is 0 Å². The number of benzene rings is 1. The maximum atomic E-state index is 14.4. The van der Waals surface area contributed by atoms with Crippen LogP contribution in [0.2, 0.25) is 0 Å². The highest BCUT2D eigenvalue weighted by Crippen LogP contribution is 2.47. The highest BCUT2D eigenvalue weighted by Gasteiger charge is 2.47. The lowest BCUT2D eigenvalue weighted by Crippen LogP contribution is -2.50. The lowest BCUT2D eigenvalue weighted by atomic mass is 9.76. The smallest absolute Gasteiger partial charge is 0.447 e. The summed E-state index contributed by atoms with van der Waals surface area (Å²) in [5.41, 5.74) is 0.642. The van der Waals surface area contributed by atoms with Gasteiger partial charge in [0.2, 0.25) is 0 Å². The van der Waals surface area contributed by atoms with E-state index in [0.717, 1.165) is 44.1 Å². The maximum Gasteiger partial charge on any atom is 0.475 e. The molecule has 0 radical (unpaired) electrons. The predicted octanol–water partition coefficient (Wildman–Crippen LogP) is 12.2. The molecule has 1 aliphatic carbocycles. The Hall–Kier alpha value is -2.83. The number of carbonyl (C=O) groups is 2. The van der Waals surface area contributed by atoms with E-state index in [1.165, 1.54) is 141 Å². The van der Waals surface area contributed by atoms with Crippen molar-refractivity contribution in [2.75, 3.05) is 13.2 Å². The van der Waals surface area contributed by atoms with Gasteiger partial charge in [-0.25, -0.2) is 4.79 Å². The molecule has 0 aromatic heterocycles. The standard InChI is InChI=1S/C50H84BN3O5/c1-50(2,3)39-44(40-52)48(55)54-36-32-27-25-23-21-19-17-15-13-11-9-7-5-4-6-8-10-12-14-16-18-20-22-24-26-31-35-43-38-45(43)46(54)41-59-49(56)53-47(51(57)58)37-42-33-29-28-30-34-42/h28-30,33-34,39,43,45-47,57-58H,4-27,31-32,35-38,41H2,1-3H3,(H,53,56)/t43-,45-,46-,47+/m1/s1. The fourth-order valence-electron chi connectivity index (χ4n) is 9.05. The Kier molecular flexibility index (Phi) is 25.9. The fraction of sp³-hybridized carbons (Fsp3) is 0.780. The first-order valence-electron chi connectivity index (χ1n) is 24.4. The number of nitriles is 1. The summed E-state index contributed by atoms with van der Waals surface area (Å²) in [6.07, 6.45) is 37.1. The number of fused-ring (bicyclic) bond motifs is 1. The summed E-state index contributed by atoms with van der Waals surface area (Å²) in [5.74, 6) is -0.618. The Balaban J connectivity index is 1.68. The van der Waals surface area contributed by atoms with Crippen molar-refractivity contribution in [1.82, 2.24) is 10.2 Å². The number of hydrogen-bond acceptors (Lipinski definition) is 6. The van der Waals surface area contributed by atoms with E-state index in [2.05, 4.69) is 11.4 Å². The van der Waals surface area contributed by atoms with Gasteiger partial charge in [0, 0.05) is 6.54 Å². The molecule has 2 aliphatic rings. The summed E-state index contributed by atoms with van der Waals surface area (Å²) in [4.78, 5) is 29.5. The molecule has 1 saturated heterocycles. The van der Waals surface area contributed by atoms with Crippen LogP contribution in [0.3, 0.4) is 0 Å². The van der Waals surface area contributed by atoms with E-state index in [1.807, 2.05) is 56.0 Å². The minimum Gasteiger partial charge on any atom is -0.447 e. The van der Waals surface area contributed by atoms with E-state index in [1.54, 1.807) is 6.08 Å². The number of nitrogens with one attached hydrogen (secondary N) is 1. The van der Waals surface area contributed by atoms with Gasteiger partial charge in [-0.05, 0) is 42.1 Å². The lowest BCUT2D eigenvalue weighted by molar-refractivity contribution is -0.130. The number of carbonyl (C=O) groups excluding carboxylic acids is 2. The number of amides is 2. The van der Waals surface area contributed by atoms with Crippen molar-refractivity contribution < 1.29 is 24.4 Å². The topological polar surface area (TPSA) is 123 Å². The number of allylic oxidation sites excluding steroid dienone is 1. The molecule has 3 rings (SSSR count). The van der Waals surface area contributed by atoms with Crippen LogP contribution in [-0.4, -0.2) is 59.2 Å². The Morgan fingerprint density at radius 2 is 1.20 bits per heavy atom. The second-order valence-electron chi connectivity index (χ2n) is 19.2. The summed E-state index contributed by atoms with van der Waals surface area (Å²) in [7, 11) is -1.77. The van der Waals surface area contributed by atoms with E-state index in [9.17, 15) is 24.9 Å². The zero-order valence-corrected chi connectivity index (χ0v) is 37.8. The molecule has 59 heavy (non-hydrogen) atoms. The SMILES string of the molecule is CC(C)(C)C=C(C#N)C(=O)N1CCCCCCCCCCCCCCCCCCCCCCCCCCCC[C@@H]2C[C@H]2[C@H]1COC(=O)N[C@@H](Cc1ccccc1)B(O)O. The molecule has 0 spiro atoms. The van der Waals surface area contributed by atoms with E-state index in [4.69, 9.17) is 4.74 Å². The van der Waals surface area contributed by atoms with E-state index in [0.29, 0.717) is 12.5 Å². The molecule has 1 aliphatic heterocycles. The predicted molar refractivity (Wildman–Crippen MR) is 244 cm³/mol. The van der Waals surface area contributed by atoms with Gasteiger partial charge in [-0.15, -0.1) is 0 Å². The summed E-state index contributed by atoms with van der Waals surface area (Å²) >= 11 is 0. The average molecular weight is 818 g/mol. The quantitative estimate of drug-likeness (QED) is 0.143. The Labute approximate surface area is 360 Å². The van der Waals surface area contributed by atoms with Gasteiger partial charge in [-0.2, -0.15) is 5.26 Å². The van der Waals surface area contributed by atoms with Gasteiger partial charge in [-0.1, -0.05) is 224 Å². The molecule has 332 valence electrons. The Morgan fingerprint density at radius 3 is 1.63 bits per heavy atom. The molecule has 1 aromatic rings. The van der Waals surface area contributed by atoms with Crippen molar-refractivity contribution in [3.05, 3.63) is 47.5 Å². The van der Waals surface area contributed by atoms with Crippen LogP contribution >= 0.6 is 0 Å². The van der Waals surface area contributed by atoms with Crippen molar-refractivity contribution in [3.8, 4) is 6.07 Å². The molecular weight excluding hydrogens is 733 g/mol. The molecule has 0 unspecified atom stereocenters. The van der Waals surface area contributed by atoms with Gasteiger partial charge >= 0.3 is 13.2 Å². The molecule has 9 heteroatoms. The number of rotatable bonds is 7. The average Bonchev–Trinajstić information content (AvgIpc) is 3.98. The molecular formula is C50H84BN3O5. The molecule has 1 saturated carbocycles. The Morgan fingerprint density at radius 1 is 0.763 bits per heavy atom. The molecule has 4 atom stereocenters. The minimum absolute atomic E-state index is 0.00739. The first-order valence-corrected chi connectivity index (χ1v) is 24.4. The fourth-order valence-corrected chi connectivity index (χ4v) is 9.05. The third-order valence-corrected chi connectivity index (χ3v) is 12.6. The van der Waals surface area contributed by atoms with Gasteiger partial charge in [0.25, 0.3) is 5.91 Å². The van der Waals surface area contributed by atoms with Crippen LogP contribution < -0.4 is 5.32 Å². The largest absolute Gasteiger partial charge is 0.475 e. The molecule has 0 bridgehead atoms.